The lowest BCUT2D eigenvalue weighted by Crippen LogP contribution is -2.43. The molecule has 6 nitrogen and oxygen atoms in total. The summed E-state index contributed by atoms with van der Waals surface area (Å²) in [5.41, 5.74) is 1.25. The number of hydrogen-bond acceptors (Lipinski definition) is 3. The third kappa shape index (κ3) is 2.40. The molecule has 1 aromatic heterocycles. The largest absolute Gasteiger partial charge is 0.480 e. The van der Waals surface area contributed by atoms with Gasteiger partial charge >= 0.3 is 5.97 Å². The summed E-state index contributed by atoms with van der Waals surface area (Å²) < 4.78 is 1.64. The Bertz CT molecular complexity index is 411. The first-order valence-corrected chi connectivity index (χ1v) is 4.74. The molecular formula is C10H14N2O4. The number of aliphatic hydroxyl groups excluding tert-OH is 1. The summed E-state index contributed by atoms with van der Waals surface area (Å²) in [6.45, 7) is 1.20. The number of rotatable bonds is 4. The van der Waals surface area contributed by atoms with Gasteiger partial charge in [0.2, 0.25) is 0 Å². The van der Waals surface area contributed by atoms with Crippen LogP contribution in [0.5, 0.6) is 0 Å². The Balaban J connectivity index is 2.80. The molecule has 1 unspecified atom stereocenters. The molecule has 16 heavy (non-hydrogen) atoms. The topological polar surface area (TPSA) is 91.6 Å². The molecule has 0 saturated carbocycles. The maximum atomic E-state index is 11.6. The molecule has 0 radical (unpaired) electrons. The fraction of sp³-hybridized carbons (Fsp3) is 0.400. The Morgan fingerprint density at radius 3 is 2.50 bits per heavy atom. The average molecular weight is 226 g/mol. The normalized spacial score (nSPS) is 12.2. The number of aromatic nitrogens is 1. The molecule has 1 heterocycles. The van der Waals surface area contributed by atoms with Gasteiger partial charge in [-0.15, -0.1) is 0 Å². The Kier molecular flexibility index (Phi) is 3.68. The summed E-state index contributed by atoms with van der Waals surface area (Å²) in [6.07, 6.45) is 0. The van der Waals surface area contributed by atoms with Crippen molar-refractivity contribution in [3.63, 3.8) is 0 Å². The minimum Gasteiger partial charge on any atom is -0.480 e. The van der Waals surface area contributed by atoms with E-state index in [1.165, 1.54) is 0 Å². The number of aliphatic hydroxyl groups is 1. The van der Waals surface area contributed by atoms with E-state index in [1.807, 2.05) is 6.92 Å². The predicted molar refractivity (Wildman–Crippen MR) is 56.1 cm³/mol. The molecule has 0 bridgehead atoms. The van der Waals surface area contributed by atoms with Gasteiger partial charge in [-0.1, -0.05) is 0 Å². The molecule has 88 valence electrons. The smallest absolute Gasteiger partial charge is 0.328 e. The predicted octanol–water partition coefficient (Wildman–Crippen LogP) is -0.491. The van der Waals surface area contributed by atoms with Crippen LogP contribution in [0.4, 0.5) is 0 Å². The van der Waals surface area contributed by atoms with Crippen LogP contribution in [0, 0.1) is 6.92 Å². The Morgan fingerprint density at radius 2 is 2.12 bits per heavy atom. The van der Waals surface area contributed by atoms with Gasteiger partial charge in [0, 0.05) is 12.7 Å². The van der Waals surface area contributed by atoms with Crippen LogP contribution in [0.15, 0.2) is 12.1 Å². The molecule has 0 aromatic carbocycles. The highest BCUT2D eigenvalue weighted by Gasteiger charge is 2.20. The van der Waals surface area contributed by atoms with Crippen LogP contribution < -0.4 is 5.32 Å². The van der Waals surface area contributed by atoms with Gasteiger partial charge in [0.25, 0.3) is 5.91 Å². The van der Waals surface area contributed by atoms with Crippen molar-refractivity contribution in [3.8, 4) is 0 Å². The fourth-order valence-corrected chi connectivity index (χ4v) is 1.26. The van der Waals surface area contributed by atoms with E-state index in [9.17, 15) is 9.59 Å². The lowest BCUT2D eigenvalue weighted by atomic mass is 10.3. The molecule has 0 aliphatic rings. The van der Waals surface area contributed by atoms with E-state index in [-0.39, 0.29) is 0 Å². The molecular weight excluding hydrogens is 212 g/mol. The first-order chi connectivity index (χ1) is 7.47. The van der Waals surface area contributed by atoms with Crippen LogP contribution in [-0.2, 0) is 11.8 Å². The number of carbonyl (C=O) groups is 2. The molecule has 0 spiro atoms. The van der Waals surface area contributed by atoms with Crippen LogP contribution in [0.25, 0.3) is 0 Å². The van der Waals surface area contributed by atoms with Crippen LogP contribution in [-0.4, -0.2) is 39.3 Å². The molecule has 1 rings (SSSR count). The minimum absolute atomic E-state index is 0.359. The second-order valence-corrected chi connectivity index (χ2v) is 3.47. The van der Waals surface area contributed by atoms with Crippen LogP contribution in [0.3, 0.4) is 0 Å². The van der Waals surface area contributed by atoms with Gasteiger partial charge in [0.05, 0.1) is 6.61 Å². The van der Waals surface area contributed by atoms with Gasteiger partial charge in [-0.3, -0.25) is 4.79 Å². The SMILES string of the molecule is Cc1ccc(C(=O)NC(CO)C(=O)O)n1C. The lowest BCUT2D eigenvalue weighted by Gasteiger charge is -2.12. The van der Waals surface area contributed by atoms with Crippen LogP contribution in [0.1, 0.15) is 16.2 Å². The molecule has 0 fully saturated rings. The lowest BCUT2D eigenvalue weighted by molar-refractivity contribution is -0.140. The zero-order valence-electron chi connectivity index (χ0n) is 9.10. The molecule has 0 aliphatic carbocycles. The van der Waals surface area contributed by atoms with Crippen LogP contribution in [0.2, 0.25) is 0 Å². The van der Waals surface area contributed by atoms with Gasteiger partial charge in [0.15, 0.2) is 6.04 Å². The summed E-state index contributed by atoms with van der Waals surface area (Å²) in [7, 11) is 1.71. The maximum absolute atomic E-state index is 11.6. The number of carboxylic acids is 1. The Labute approximate surface area is 92.5 Å². The monoisotopic (exact) mass is 226 g/mol. The highest BCUT2D eigenvalue weighted by atomic mass is 16.4. The number of nitrogens with zero attached hydrogens (tertiary/aromatic N) is 1. The summed E-state index contributed by atoms with van der Waals surface area (Å²) in [5, 5.41) is 19.7. The Hall–Kier alpha value is -1.82. The van der Waals surface area contributed by atoms with Gasteiger partial charge in [-0.2, -0.15) is 0 Å². The summed E-state index contributed by atoms with van der Waals surface area (Å²) in [6, 6.07) is 2.08. The van der Waals surface area contributed by atoms with E-state index in [4.69, 9.17) is 10.2 Å². The molecule has 1 amide bonds. The summed E-state index contributed by atoms with van der Waals surface area (Å²) in [5.74, 6) is -1.78. The zero-order chi connectivity index (χ0) is 12.3. The number of carbonyl (C=O) groups excluding carboxylic acids is 1. The van der Waals surface area contributed by atoms with Crippen molar-refractivity contribution in [1.82, 2.24) is 9.88 Å². The van der Waals surface area contributed by atoms with Crippen molar-refractivity contribution in [2.45, 2.75) is 13.0 Å². The number of amides is 1. The second kappa shape index (κ2) is 4.80. The second-order valence-electron chi connectivity index (χ2n) is 3.47. The summed E-state index contributed by atoms with van der Waals surface area (Å²) >= 11 is 0. The van der Waals surface area contributed by atoms with E-state index in [0.29, 0.717) is 5.69 Å². The number of carboxylic acid groups (broad SMARTS) is 1. The number of nitrogens with one attached hydrogen (secondary N) is 1. The fourth-order valence-electron chi connectivity index (χ4n) is 1.26. The molecule has 6 heteroatoms. The first-order valence-electron chi connectivity index (χ1n) is 4.74. The van der Waals surface area contributed by atoms with Crippen LogP contribution >= 0.6 is 0 Å². The van der Waals surface area contributed by atoms with Crippen molar-refractivity contribution >= 4 is 11.9 Å². The van der Waals surface area contributed by atoms with E-state index in [2.05, 4.69) is 5.32 Å². The Morgan fingerprint density at radius 1 is 1.50 bits per heavy atom. The number of hydrogen-bond donors (Lipinski definition) is 3. The van der Waals surface area contributed by atoms with Gasteiger partial charge < -0.3 is 20.1 Å². The number of aryl methyl sites for hydroxylation is 1. The quantitative estimate of drug-likeness (QED) is 0.646. The van der Waals surface area contributed by atoms with Gasteiger partial charge in [-0.25, -0.2) is 4.79 Å². The van der Waals surface area contributed by atoms with Crippen molar-refractivity contribution in [2.24, 2.45) is 7.05 Å². The average Bonchev–Trinajstić information content (AvgIpc) is 2.55. The first kappa shape index (κ1) is 12.3. The zero-order valence-corrected chi connectivity index (χ0v) is 9.10. The molecule has 1 atom stereocenters. The molecule has 0 saturated heterocycles. The molecule has 1 aromatic rings. The maximum Gasteiger partial charge on any atom is 0.328 e. The molecule has 3 N–H and O–H groups in total. The van der Waals surface area contributed by atoms with E-state index < -0.39 is 24.5 Å². The van der Waals surface area contributed by atoms with E-state index in [0.717, 1.165) is 5.69 Å². The standard InChI is InChI=1S/C10H14N2O4/c1-6-3-4-8(12(6)2)9(14)11-7(5-13)10(15)16/h3-4,7,13H,5H2,1-2H3,(H,11,14)(H,15,16). The highest BCUT2D eigenvalue weighted by molar-refractivity contribution is 5.95. The molecule has 0 aliphatic heterocycles. The van der Waals surface area contributed by atoms with Gasteiger partial charge in [0.1, 0.15) is 5.69 Å². The number of aliphatic carboxylic acids is 1. The third-order valence-corrected chi connectivity index (χ3v) is 2.39. The van der Waals surface area contributed by atoms with Gasteiger partial charge in [-0.05, 0) is 19.1 Å². The van der Waals surface area contributed by atoms with Crippen molar-refractivity contribution in [3.05, 3.63) is 23.5 Å². The summed E-state index contributed by atoms with van der Waals surface area (Å²) in [4.78, 5) is 22.3. The van der Waals surface area contributed by atoms with Crippen molar-refractivity contribution in [2.75, 3.05) is 6.61 Å². The minimum atomic E-state index is -1.28. The van der Waals surface area contributed by atoms with E-state index >= 15 is 0 Å². The highest BCUT2D eigenvalue weighted by Crippen LogP contribution is 2.05. The van der Waals surface area contributed by atoms with Crippen molar-refractivity contribution < 1.29 is 19.8 Å². The third-order valence-electron chi connectivity index (χ3n) is 2.39. The van der Waals surface area contributed by atoms with E-state index in [1.54, 1.807) is 23.7 Å². The van der Waals surface area contributed by atoms with Crippen molar-refractivity contribution in [1.29, 1.82) is 0 Å².